The summed E-state index contributed by atoms with van der Waals surface area (Å²) in [5.74, 6) is -1.20. The number of hydrogen-bond acceptors (Lipinski definition) is 2. The van der Waals surface area contributed by atoms with Crippen LogP contribution in [0.4, 0.5) is 0 Å². The lowest BCUT2D eigenvalue weighted by molar-refractivity contribution is -0.143. The number of benzene rings is 1. The normalized spacial score (nSPS) is 15.3. The van der Waals surface area contributed by atoms with Gasteiger partial charge in [-0.25, -0.2) is 0 Å². The van der Waals surface area contributed by atoms with E-state index in [1.54, 1.807) is 6.92 Å². The fourth-order valence-electron chi connectivity index (χ4n) is 2.35. The maximum atomic E-state index is 11.2. The lowest BCUT2D eigenvalue weighted by Crippen LogP contribution is -2.30. The van der Waals surface area contributed by atoms with Crippen LogP contribution in [0.5, 0.6) is 0 Å². The minimum Gasteiger partial charge on any atom is -0.481 e. The average molecular weight is 263 g/mol. The molecule has 0 saturated carbocycles. The number of nitrogens with zero attached hydrogens (tertiary/aromatic N) is 1. The molecule has 0 aliphatic carbocycles. The molecule has 0 saturated heterocycles. The van der Waals surface area contributed by atoms with E-state index in [1.165, 1.54) is 5.56 Å². The van der Waals surface area contributed by atoms with Crippen molar-refractivity contribution in [1.29, 1.82) is 0 Å². The van der Waals surface area contributed by atoms with Gasteiger partial charge in [-0.15, -0.1) is 0 Å². The van der Waals surface area contributed by atoms with Crippen LogP contribution < -0.4 is 0 Å². The van der Waals surface area contributed by atoms with E-state index >= 15 is 0 Å². The van der Waals surface area contributed by atoms with E-state index in [-0.39, 0.29) is 11.5 Å². The van der Waals surface area contributed by atoms with Crippen LogP contribution in [-0.4, -0.2) is 30.1 Å². The first-order chi connectivity index (χ1) is 8.64. The van der Waals surface area contributed by atoms with Crippen LogP contribution in [0.2, 0.25) is 0 Å². The molecular weight excluding hydrogens is 238 g/mol. The van der Waals surface area contributed by atoms with Crippen molar-refractivity contribution in [1.82, 2.24) is 4.90 Å². The Kier molecular flexibility index (Phi) is 4.75. The Bertz CT molecular complexity index is 429. The molecule has 0 radical (unpaired) electrons. The summed E-state index contributed by atoms with van der Waals surface area (Å²) in [6, 6.07) is 8.18. The van der Waals surface area contributed by atoms with Crippen LogP contribution in [-0.2, 0) is 10.2 Å². The molecule has 0 aliphatic rings. The highest BCUT2D eigenvalue weighted by Crippen LogP contribution is 2.29. The molecule has 1 N–H and O–H groups in total. The number of carbonyl (C=O) groups is 1. The molecule has 106 valence electrons. The quantitative estimate of drug-likeness (QED) is 0.906. The smallest absolute Gasteiger partial charge is 0.308 e. The molecule has 0 bridgehead atoms. The van der Waals surface area contributed by atoms with Crippen molar-refractivity contribution < 1.29 is 9.90 Å². The van der Waals surface area contributed by atoms with Gasteiger partial charge in [-0.1, -0.05) is 52.0 Å². The van der Waals surface area contributed by atoms with E-state index in [2.05, 4.69) is 32.9 Å². The van der Waals surface area contributed by atoms with Crippen LogP contribution >= 0.6 is 0 Å². The van der Waals surface area contributed by atoms with Gasteiger partial charge >= 0.3 is 5.97 Å². The summed E-state index contributed by atoms with van der Waals surface area (Å²) in [6.07, 6.45) is 0. The molecular formula is C16H25NO2. The van der Waals surface area contributed by atoms with Crippen molar-refractivity contribution in [3.05, 3.63) is 35.4 Å². The molecule has 3 heteroatoms. The third kappa shape index (κ3) is 3.80. The van der Waals surface area contributed by atoms with Crippen molar-refractivity contribution in [2.45, 2.75) is 39.2 Å². The summed E-state index contributed by atoms with van der Waals surface area (Å²) in [5, 5.41) is 9.22. The van der Waals surface area contributed by atoms with E-state index in [4.69, 9.17) is 0 Å². The van der Waals surface area contributed by atoms with Crippen LogP contribution in [0.3, 0.4) is 0 Å². The Balaban J connectivity index is 3.09. The van der Waals surface area contributed by atoms with Gasteiger partial charge in [0.2, 0.25) is 0 Å². The van der Waals surface area contributed by atoms with Gasteiger partial charge in [0.05, 0.1) is 5.92 Å². The van der Waals surface area contributed by atoms with Gasteiger partial charge in [0, 0.05) is 6.04 Å². The minimum absolute atomic E-state index is 0.105. The fourth-order valence-corrected chi connectivity index (χ4v) is 2.35. The van der Waals surface area contributed by atoms with E-state index in [1.807, 2.05) is 31.1 Å². The van der Waals surface area contributed by atoms with Gasteiger partial charge in [0.1, 0.15) is 0 Å². The second-order valence-electron chi connectivity index (χ2n) is 6.41. The van der Waals surface area contributed by atoms with Crippen molar-refractivity contribution in [2.24, 2.45) is 5.92 Å². The second kappa shape index (κ2) is 5.74. The Labute approximate surface area is 116 Å². The highest BCUT2D eigenvalue weighted by atomic mass is 16.4. The third-order valence-electron chi connectivity index (χ3n) is 3.54. The molecule has 3 nitrogen and oxygen atoms in total. The molecule has 0 aromatic heterocycles. The predicted molar refractivity (Wildman–Crippen MR) is 78.4 cm³/mol. The van der Waals surface area contributed by atoms with Crippen molar-refractivity contribution >= 4 is 5.97 Å². The first-order valence-corrected chi connectivity index (χ1v) is 6.64. The van der Waals surface area contributed by atoms with E-state index in [0.717, 1.165) is 5.56 Å². The number of rotatable bonds is 4. The van der Waals surface area contributed by atoms with Gasteiger partial charge in [-0.05, 0) is 30.6 Å². The minimum atomic E-state index is -0.765. The molecule has 19 heavy (non-hydrogen) atoms. The zero-order chi connectivity index (χ0) is 14.8. The molecule has 0 heterocycles. The van der Waals surface area contributed by atoms with Gasteiger partial charge in [0.15, 0.2) is 0 Å². The van der Waals surface area contributed by atoms with Crippen molar-refractivity contribution in [3.8, 4) is 0 Å². The van der Waals surface area contributed by atoms with E-state index in [0.29, 0.717) is 0 Å². The summed E-state index contributed by atoms with van der Waals surface area (Å²) < 4.78 is 0. The zero-order valence-corrected chi connectivity index (χ0v) is 12.8. The summed E-state index contributed by atoms with van der Waals surface area (Å²) >= 11 is 0. The molecule has 0 amide bonds. The Morgan fingerprint density at radius 1 is 1.16 bits per heavy atom. The monoisotopic (exact) mass is 263 g/mol. The van der Waals surface area contributed by atoms with Gasteiger partial charge < -0.3 is 10.0 Å². The summed E-state index contributed by atoms with van der Waals surface area (Å²) in [5.41, 5.74) is 2.43. The van der Waals surface area contributed by atoms with E-state index in [9.17, 15) is 9.90 Å². The second-order valence-corrected chi connectivity index (χ2v) is 6.41. The first kappa shape index (κ1) is 15.7. The van der Waals surface area contributed by atoms with Crippen LogP contribution in [0.25, 0.3) is 0 Å². The molecule has 0 fully saturated rings. The first-order valence-electron chi connectivity index (χ1n) is 6.64. The number of carboxylic acids is 1. The Morgan fingerprint density at radius 3 is 1.95 bits per heavy atom. The molecule has 0 spiro atoms. The maximum Gasteiger partial charge on any atom is 0.308 e. The highest BCUT2D eigenvalue weighted by Gasteiger charge is 2.27. The topological polar surface area (TPSA) is 40.5 Å². The molecule has 2 unspecified atom stereocenters. The average Bonchev–Trinajstić information content (AvgIpc) is 2.28. The van der Waals surface area contributed by atoms with Gasteiger partial charge in [0.25, 0.3) is 0 Å². The molecule has 1 aromatic carbocycles. The maximum absolute atomic E-state index is 11.2. The number of aliphatic carboxylic acids is 1. The van der Waals surface area contributed by atoms with Crippen molar-refractivity contribution in [3.63, 3.8) is 0 Å². The Hall–Kier alpha value is -1.35. The lowest BCUT2D eigenvalue weighted by Gasteiger charge is -2.29. The number of carboxylic acid groups (broad SMARTS) is 1. The lowest BCUT2D eigenvalue weighted by atomic mass is 9.85. The predicted octanol–water partition coefficient (Wildman–Crippen LogP) is 3.31. The van der Waals surface area contributed by atoms with E-state index < -0.39 is 11.9 Å². The number of hydrogen-bond donors (Lipinski definition) is 1. The van der Waals surface area contributed by atoms with Crippen LogP contribution in [0.1, 0.15) is 44.9 Å². The van der Waals surface area contributed by atoms with Crippen molar-refractivity contribution in [2.75, 3.05) is 14.1 Å². The molecule has 2 atom stereocenters. The molecule has 1 aromatic rings. The molecule has 0 aliphatic heterocycles. The summed E-state index contributed by atoms with van der Waals surface area (Å²) in [6.45, 7) is 8.27. The highest BCUT2D eigenvalue weighted by molar-refractivity contribution is 5.70. The SMILES string of the molecule is CC(C(=O)O)C(c1ccc(C(C)(C)C)cc1)N(C)C. The summed E-state index contributed by atoms with van der Waals surface area (Å²) in [4.78, 5) is 13.2. The van der Waals surface area contributed by atoms with Gasteiger partial charge in [-0.3, -0.25) is 4.79 Å². The third-order valence-corrected chi connectivity index (χ3v) is 3.54. The zero-order valence-electron chi connectivity index (χ0n) is 12.8. The summed E-state index contributed by atoms with van der Waals surface area (Å²) in [7, 11) is 3.84. The van der Waals surface area contributed by atoms with Crippen LogP contribution in [0, 0.1) is 5.92 Å². The standard InChI is InChI=1S/C16H25NO2/c1-11(15(18)19)14(17(5)6)12-7-9-13(10-8-12)16(2,3)4/h7-11,14H,1-6H3,(H,18,19). The largest absolute Gasteiger partial charge is 0.481 e. The molecule has 1 rings (SSSR count). The van der Waals surface area contributed by atoms with Gasteiger partial charge in [-0.2, -0.15) is 0 Å². The van der Waals surface area contributed by atoms with Crippen LogP contribution in [0.15, 0.2) is 24.3 Å². The Morgan fingerprint density at radius 2 is 1.63 bits per heavy atom. The fraction of sp³-hybridized carbons (Fsp3) is 0.562.